The molecule has 1 aromatic carbocycles. The van der Waals surface area contributed by atoms with Crippen molar-refractivity contribution in [3.05, 3.63) is 35.4 Å². The molecule has 0 aromatic heterocycles. The molecule has 0 heterocycles. The molecule has 90 valence electrons. The van der Waals surface area contributed by atoms with Crippen molar-refractivity contribution in [2.75, 3.05) is 19.6 Å². The number of aryl methyl sites for hydroxylation is 1. The van der Waals surface area contributed by atoms with Crippen LogP contribution in [0, 0.1) is 6.92 Å². The van der Waals surface area contributed by atoms with Gasteiger partial charge in [0.25, 0.3) is 0 Å². The van der Waals surface area contributed by atoms with Crippen molar-refractivity contribution in [3.8, 4) is 0 Å². The van der Waals surface area contributed by atoms with Gasteiger partial charge in [-0.05, 0) is 44.5 Å². The average Bonchev–Trinajstić information content (AvgIpc) is 2.29. The molecule has 0 saturated heterocycles. The van der Waals surface area contributed by atoms with Crippen LogP contribution in [0.1, 0.15) is 25.0 Å². The lowest BCUT2D eigenvalue weighted by Crippen LogP contribution is -2.37. The lowest BCUT2D eigenvalue weighted by atomic mass is 10.1. The van der Waals surface area contributed by atoms with Gasteiger partial charge >= 0.3 is 0 Å². The molecule has 16 heavy (non-hydrogen) atoms. The van der Waals surface area contributed by atoms with Crippen molar-refractivity contribution < 1.29 is 0 Å². The first-order chi connectivity index (χ1) is 7.74. The summed E-state index contributed by atoms with van der Waals surface area (Å²) in [5.74, 6) is 0. The summed E-state index contributed by atoms with van der Waals surface area (Å²) in [6.07, 6.45) is 1.11. The highest BCUT2D eigenvalue weighted by Gasteiger charge is 2.00. The van der Waals surface area contributed by atoms with E-state index >= 15 is 0 Å². The minimum absolute atomic E-state index is 0.545. The largest absolute Gasteiger partial charge is 0.315 e. The van der Waals surface area contributed by atoms with E-state index in [1.54, 1.807) is 0 Å². The van der Waals surface area contributed by atoms with Gasteiger partial charge in [0.2, 0.25) is 0 Å². The van der Waals surface area contributed by atoms with Gasteiger partial charge < -0.3 is 10.6 Å². The lowest BCUT2D eigenvalue weighted by molar-refractivity contribution is 0.512. The minimum Gasteiger partial charge on any atom is -0.315 e. The van der Waals surface area contributed by atoms with Gasteiger partial charge in [0.1, 0.15) is 0 Å². The van der Waals surface area contributed by atoms with E-state index in [1.165, 1.54) is 11.1 Å². The highest BCUT2D eigenvalue weighted by atomic mass is 15.0. The first-order valence-corrected chi connectivity index (χ1v) is 6.22. The van der Waals surface area contributed by atoms with Gasteiger partial charge in [-0.15, -0.1) is 0 Å². The third-order valence-electron chi connectivity index (χ3n) is 2.85. The smallest absolute Gasteiger partial charge is 0.0164 e. The van der Waals surface area contributed by atoms with E-state index < -0.39 is 0 Å². The number of likely N-dealkylation sites (N-methyl/N-ethyl adjacent to an activating group) is 1. The van der Waals surface area contributed by atoms with Gasteiger partial charge in [0, 0.05) is 12.6 Å². The topological polar surface area (TPSA) is 24.1 Å². The third kappa shape index (κ3) is 4.77. The zero-order valence-electron chi connectivity index (χ0n) is 10.7. The van der Waals surface area contributed by atoms with Gasteiger partial charge in [-0.2, -0.15) is 0 Å². The zero-order valence-corrected chi connectivity index (χ0v) is 10.7. The third-order valence-corrected chi connectivity index (χ3v) is 2.85. The summed E-state index contributed by atoms with van der Waals surface area (Å²) < 4.78 is 0. The fourth-order valence-corrected chi connectivity index (χ4v) is 1.78. The number of hydrogen-bond acceptors (Lipinski definition) is 2. The first kappa shape index (κ1) is 13.2. The predicted octanol–water partition coefficient (Wildman–Crippen LogP) is 2.13. The Morgan fingerprint density at radius 1 is 1.25 bits per heavy atom. The quantitative estimate of drug-likeness (QED) is 0.735. The molecule has 1 unspecified atom stereocenters. The first-order valence-electron chi connectivity index (χ1n) is 6.22. The van der Waals surface area contributed by atoms with Crippen LogP contribution in [0.3, 0.4) is 0 Å². The number of hydrogen-bond donors (Lipinski definition) is 2. The van der Waals surface area contributed by atoms with Gasteiger partial charge in [0.05, 0.1) is 0 Å². The molecular weight excluding hydrogens is 196 g/mol. The van der Waals surface area contributed by atoms with Gasteiger partial charge in [-0.3, -0.25) is 0 Å². The Morgan fingerprint density at radius 3 is 2.69 bits per heavy atom. The fourth-order valence-electron chi connectivity index (χ4n) is 1.78. The summed E-state index contributed by atoms with van der Waals surface area (Å²) in [7, 11) is 0. The van der Waals surface area contributed by atoms with Crippen LogP contribution in [0.15, 0.2) is 24.3 Å². The number of benzene rings is 1. The van der Waals surface area contributed by atoms with Crippen molar-refractivity contribution >= 4 is 0 Å². The highest BCUT2D eigenvalue weighted by Crippen LogP contribution is 2.06. The normalized spacial score (nSPS) is 12.7. The number of nitrogens with one attached hydrogen (secondary N) is 2. The second-order valence-electron chi connectivity index (χ2n) is 4.34. The second-order valence-corrected chi connectivity index (χ2v) is 4.34. The Labute approximate surface area is 99.5 Å². The predicted molar refractivity (Wildman–Crippen MR) is 70.9 cm³/mol. The van der Waals surface area contributed by atoms with Crippen LogP contribution in [0.25, 0.3) is 0 Å². The Balaban J connectivity index is 2.23. The molecule has 2 N–H and O–H groups in total. The van der Waals surface area contributed by atoms with Crippen LogP contribution < -0.4 is 10.6 Å². The van der Waals surface area contributed by atoms with E-state index in [1.807, 2.05) is 0 Å². The van der Waals surface area contributed by atoms with E-state index in [2.05, 4.69) is 55.7 Å². The summed E-state index contributed by atoms with van der Waals surface area (Å²) >= 11 is 0. The molecule has 1 aromatic rings. The van der Waals surface area contributed by atoms with E-state index in [0.29, 0.717) is 6.04 Å². The zero-order chi connectivity index (χ0) is 11.8. The Kier molecular flexibility index (Phi) is 6.12. The molecule has 0 aliphatic rings. The SMILES string of the molecule is CCNCC(C)NCCc1ccccc1C. The Bertz CT molecular complexity index is 297. The van der Waals surface area contributed by atoms with Crippen molar-refractivity contribution in [1.82, 2.24) is 10.6 Å². The molecule has 2 heteroatoms. The van der Waals surface area contributed by atoms with Gasteiger partial charge in [0.15, 0.2) is 0 Å². The van der Waals surface area contributed by atoms with Crippen LogP contribution in [-0.4, -0.2) is 25.7 Å². The van der Waals surface area contributed by atoms with Crippen LogP contribution >= 0.6 is 0 Å². The fraction of sp³-hybridized carbons (Fsp3) is 0.571. The van der Waals surface area contributed by atoms with Crippen LogP contribution in [0.5, 0.6) is 0 Å². The molecule has 1 atom stereocenters. The van der Waals surface area contributed by atoms with E-state index in [4.69, 9.17) is 0 Å². The summed E-state index contributed by atoms with van der Waals surface area (Å²) in [4.78, 5) is 0. The second kappa shape index (κ2) is 7.42. The molecule has 2 nitrogen and oxygen atoms in total. The van der Waals surface area contributed by atoms with Crippen LogP contribution in [-0.2, 0) is 6.42 Å². The van der Waals surface area contributed by atoms with Gasteiger partial charge in [-0.25, -0.2) is 0 Å². The van der Waals surface area contributed by atoms with Crippen molar-refractivity contribution in [3.63, 3.8) is 0 Å². The Morgan fingerprint density at radius 2 is 2.00 bits per heavy atom. The average molecular weight is 220 g/mol. The maximum absolute atomic E-state index is 3.53. The molecule has 0 saturated carbocycles. The van der Waals surface area contributed by atoms with E-state index in [0.717, 1.165) is 26.1 Å². The highest BCUT2D eigenvalue weighted by molar-refractivity contribution is 5.25. The summed E-state index contributed by atoms with van der Waals surface area (Å²) in [6.45, 7) is 9.68. The summed E-state index contributed by atoms with van der Waals surface area (Å²) in [5.41, 5.74) is 2.84. The molecule has 1 rings (SSSR count). The standard InChI is InChI=1S/C14H24N2/c1-4-15-11-13(3)16-10-9-14-8-6-5-7-12(14)2/h5-8,13,15-16H,4,9-11H2,1-3H3. The maximum Gasteiger partial charge on any atom is 0.0164 e. The lowest BCUT2D eigenvalue weighted by Gasteiger charge is -2.14. The van der Waals surface area contributed by atoms with Crippen LogP contribution in [0.4, 0.5) is 0 Å². The van der Waals surface area contributed by atoms with E-state index in [-0.39, 0.29) is 0 Å². The van der Waals surface area contributed by atoms with Crippen LogP contribution in [0.2, 0.25) is 0 Å². The number of rotatable bonds is 7. The summed E-state index contributed by atoms with van der Waals surface area (Å²) in [5, 5.41) is 6.88. The molecule has 0 aliphatic carbocycles. The molecule has 0 bridgehead atoms. The van der Waals surface area contributed by atoms with E-state index in [9.17, 15) is 0 Å². The monoisotopic (exact) mass is 220 g/mol. The molecule has 0 spiro atoms. The molecular formula is C14H24N2. The van der Waals surface area contributed by atoms with Crippen molar-refractivity contribution in [2.24, 2.45) is 0 Å². The molecule has 0 radical (unpaired) electrons. The minimum atomic E-state index is 0.545. The molecule has 0 fully saturated rings. The summed E-state index contributed by atoms with van der Waals surface area (Å²) in [6, 6.07) is 9.15. The maximum atomic E-state index is 3.53. The Hall–Kier alpha value is -0.860. The molecule has 0 amide bonds. The van der Waals surface area contributed by atoms with Crippen molar-refractivity contribution in [1.29, 1.82) is 0 Å². The molecule has 0 aliphatic heterocycles. The van der Waals surface area contributed by atoms with Gasteiger partial charge in [-0.1, -0.05) is 31.2 Å². The van der Waals surface area contributed by atoms with Crippen molar-refractivity contribution in [2.45, 2.75) is 33.2 Å².